The molecule has 1 aliphatic rings. The largest absolute Gasteiger partial charge is 0.497 e. The molecule has 0 fully saturated rings. The van der Waals surface area contributed by atoms with E-state index in [0.717, 1.165) is 23.3 Å². The lowest BCUT2D eigenvalue weighted by molar-refractivity contribution is -0.154. The number of carbonyl (C=O) groups excluding carboxylic acids is 1. The standard InChI is InChI=1S/C19H26O4/c1-5-16-10-13(2)18(23-19(16)20)11-14(3)22-12-15-6-8-17(21-4)9-7-15/h6-10,14,16,18H,5,11-12H2,1-4H3/t14-,16+,18-/m0/s1. The number of cyclic esters (lactones) is 1. The first-order chi connectivity index (χ1) is 11.0. The summed E-state index contributed by atoms with van der Waals surface area (Å²) in [6.45, 7) is 6.56. The van der Waals surface area contributed by atoms with E-state index in [9.17, 15) is 4.79 Å². The van der Waals surface area contributed by atoms with Gasteiger partial charge in [-0.3, -0.25) is 4.79 Å². The number of hydrogen-bond acceptors (Lipinski definition) is 4. The van der Waals surface area contributed by atoms with E-state index in [0.29, 0.717) is 13.0 Å². The van der Waals surface area contributed by atoms with Gasteiger partial charge in [0, 0.05) is 6.42 Å². The molecule has 0 amide bonds. The number of carbonyl (C=O) groups is 1. The van der Waals surface area contributed by atoms with Gasteiger partial charge in [-0.25, -0.2) is 0 Å². The molecule has 126 valence electrons. The number of ether oxygens (including phenoxy) is 3. The molecule has 0 aromatic heterocycles. The van der Waals surface area contributed by atoms with E-state index in [-0.39, 0.29) is 24.1 Å². The van der Waals surface area contributed by atoms with E-state index in [4.69, 9.17) is 14.2 Å². The second-order valence-corrected chi connectivity index (χ2v) is 6.06. The van der Waals surface area contributed by atoms with E-state index < -0.39 is 0 Å². The molecule has 0 radical (unpaired) electrons. The van der Waals surface area contributed by atoms with Crippen LogP contribution in [0, 0.1) is 5.92 Å². The smallest absolute Gasteiger partial charge is 0.313 e. The summed E-state index contributed by atoms with van der Waals surface area (Å²) in [6, 6.07) is 7.82. The lowest BCUT2D eigenvalue weighted by Gasteiger charge is -2.28. The van der Waals surface area contributed by atoms with Gasteiger partial charge in [-0.15, -0.1) is 0 Å². The number of rotatable bonds is 7. The van der Waals surface area contributed by atoms with Crippen LogP contribution in [0.4, 0.5) is 0 Å². The predicted molar refractivity (Wildman–Crippen MR) is 89.3 cm³/mol. The second-order valence-electron chi connectivity index (χ2n) is 6.06. The van der Waals surface area contributed by atoms with Crippen molar-refractivity contribution in [2.45, 2.75) is 52.4 Å². The third-order valence-corrected chi connectivity index (χ3v) is 4.21. The van der Waals surface area contributed by atoms with Crippen molar-refractivity contribution in [2.24, 2.45) is 5.92 Å². The summed E-state index contributed by atoms with van der Waals surface area (Å²) in [5.41, 5.74) is 2.22. The molecule has 0 unspecified atom stereocenters. The highest BCUT2D eigenvalue weighted by molar-refractivity contribution is 5.76. The average molecular weight is 318 g/mol. The Hall–Kier alpha value is -1.81. The van der Waals surface area contributed by atoms with Gasteiger partial charge in [-0.1, -0.05) is 25.1 Å². The molecule has 0 bridgehead atoms. The van der Waals surface area contributed by atoms with Gasteiger partial charge in [0.25, 0.3) is 0 Å². The molecule has 2 rings (SSSR count). The highest BCUT2D eigenvalue weighted by Gasteiger charge is 2.28. The lowest BCUT2D eigenvalue weighted by Crippen LogP contribution is -2.32. The minimum atomic E-state index is -0.170. The Morgan fingerprint density at radius 2 is 1.96 bits per heavy atom. The first-order valence-electron chi connectivity index (χ1n) is 8.16. The van der Waals surface area contributed by atoms with Gasteiger partial charge in [-0.05, 0) is 43.5 Å². The van der Waals surface area contributed by atoms with Crippen molar-refractivity contribution >= 4 is 5.97 Å². The van der Waals surface area contributed by atoms with Crippen LogP contribution in [0.1, 0.15) is 39.2 Å². The van der Waals surface area contributed by atoms with Crippen molar-refractivity contribution in [3.05, 3.63) is 41.5 Å². The Bertz CT molecular complexity index is 547. The maximum Gasteiger partial charge on any atom is 0.313 e. The molecule has 4 nitrogen and oxygen atoms in total. The molecule has 1 aliphatic heterocycles. The normalized spacial score (nSPS) is 22.3. The summed E-state index contributed by atoms with van der Waals surface area (Å²) >= 11 is 0. The Labute approximate surface area is 138 Å². The van der Waals surface area contributed by atoms with Crippen molar-refractivity contribution in [2.75, 3.05) is 7.11 Å². The Morgan fingerprint density at radius 3 is 2.57 bits per heavy atom. The van der Waals surface area contributed by atoms with Crippen molar-refractivity contribution in [3.63, 3.8) is 0 Å². The third-order valence-electron chi connectivity index (χ3n) is 4.21. The maximum atomic E-state index is 11.9. The van der Waals surface area contributed by atoms with Crippen LogP contribution in [0.5, 0.6) is 5.75 Å². The Kier molecular flexibility index (Phi) is 6.22. The molecule has 1 aromatic carbocycles. The van der Waals surface area contributed by atoms with Crippen LogP contribution in [-0.4, -0.2) is 25.3 Å². The van der Waals surface area contributed by atoms with Gasteiger partial charge < -0.3 is 14.2 Å². The summed E-state index contributed by atoms with van der Waals surface area (Å²) in [5, 5.41) is 0. The van der Waals surface area contributed by atoms with Gasteiger partial charge in [0.15, 0.2) is 0 Å². The first-order valence-corrected chi connectivity index (χ1v) is 8.16. The van der Waals surface area contributed by atoms with Crippen molar-refractivity contribution in [1.29, 1.82) is 0 Å². The van der Waals surface area contributed by atoms with Crippen molar-refractivity contribution in [3.8, 4) is 5.75 Å². The molecule has 0 saturated carbocycles. The van der Waals surface area contributed by atoms with Crippen LogP contribution < -0.4 is 4.74 Å². The SMILES string of the molecule is CC[C@@H]1C=C(C)[C@H](C[C@H](C)OCc2ccc(OC)cc2)OC1=O. The van der Waals surface area contributed by atoms with Gasteiger partial charge >= 0.3 is 5.97 Å². The van der Waals surface area contributed by atoms with Gasteiger partial charge in [0.1, 0.15) is 11.9 Å². The summed E-state index contributed by atoms with van der Waals surface area (Å²) in [7, 11) is 1.65. The summed E-state index contributed by atoms with van der Waals surface area (Å²) in [6.07, 6.45) is 3.34. The van der Waals surface area contributed by atoms with Crippen LogP contribution in [0.2, 0.25) is 0 Å². The third kappa shape index (κ3) is 4.83. The van der Waals surface area contributed by atoms with Gasteiger partial charge in [0.2, 0.25) is 0 Å². The van der Waals surface area contributed by atoms with Gasteiger partial charge in [-0.2, -0.15) is 0 Å². The Balaban J connectivity index is 1.84. The van der Waals surface area contributed by atoms with E-state index in [1.165, 1.54) is 0 Å². The van der Waals surface area contributed by atoms with Crippen LogP contribution in [0.25, 0.3) is 0 Å². The van der Waals surface area contributed by atoms with E-state index >= 15 is 0 Å². The molecule has 0 spiro atoms. The number of esters is 1. The average Bonchev–Trinajstić information content (AvgIpc) is 2.56. The molecule has 4 heteroatoms. The predicted octanol–water partition coefficient (Wildman–Crippen LogP) is 3.89. The minimum absolute atomic E-state index is 0.0106. The topological polar surface area (TPSA) is 44.8 Å². The molecule has 0 N–H and O–H groups in total. The van der Waals surface area contributed by atoms with E-state index in [2.05, 4.69) is 0 Å². The zero-order valence-corrected chi connectivity index (χ0v) is 14.4. The zero-order chi connectivity index (χ0) is 16.8. The van der Waals surface area contributed by atoms with Crippen LogP contribution in [-0.2, 0) is 20.9 Å². The molecule has 1 aromatic rings. The van der Waals surface area contributed by atoms with Crippen LogP contribution >= 0.6 is 0 Å². The summed E-state index contributed by atoms with van der Waals surface area (Å²) < 4.78 is 16.6. The first kappa shape index (κ1) is 17.5. The molecule has 23 heavy (non-hydrogen) atoms. The molecule has 3 atom stereocenters. The second kappa shape index (κ2) is 8.16. The van der Waals surface area contributed by atoms with Crippen molar-refractivity contribution < 1.29 is 19.0 Å². The Morgan fingerprint density at radius 1 is 1.26 bits per heavy atom. The highest BCUT2D eigenvalue weighted by atomic mass is 16.5. The van der Waals surface area contributed by atoms with Crippen LogP contribution in [0.3, 0.4) is 0 Å². The van der Waals surface area contributed by atoms with E-state index in [1.807, 2.05) is 51.1 Å². The molecule has 0 aliphatic carbocycles. The van der Waals surface area contributed by atoms with Gasteiger partial charge in [0.05, 0.1) is 25.7 Å². The number of benzene rings is 1. The van der Waals surface area contributed by atoms with E-state index in [1.54, 1.807) is 7.11 Å². The molecule has 0 saturated heterocycles. The number of methoxy groups -OCH3 is 1. The maximum absolute atomic E-state index is 11.9. The zero-order valence-electron chi connectivity index (χ0n) is 14.4. The van der Waals surface area contributed by atoms with Crippen molar-refractivity contribution in [1.82, 2.24) is 0 Å². The van der Waals surface area contributed by atoms with Crippen LogP contribution in [0.15, 0.2) is 35.9 Å². The molecule has 1 heterocycles. The highest BCUT2D eigenvalue weighted by Crippen LogP contribution is 2.25. The molecular weight excluding hydrogens is 292 g/mol. The fourth-order valence-electron chi connectivity index (χ4n) is 2.66. The quantitative estimate of drug-likeness (QED) is 0.565. The number of hydrogen-bond donors (Lipinski definition) is 0. The lowest BCUT2D eigenvalue weighted by atomic mass is 9.95. The summed E-state index contributed by atoms with van der Waals surface area (Å²) in [4.78, 5) is 11.9. The monoisotopic (exact) mass is 318 g/mol. The minimum Gasteiger partial charge on any atom is -0.497 e. The molecular formula is C19H26O4. The fourth-order valence-corrected chi connectivity index (χ4v) is 2.66. The fraction of sp³-hybridized carbons (Fsp3) is 0.526. The summed E-state index contributed by atoms with van der Waals surface area (Å²) in [5.74, 6) is 0.620.